The van der Waals surface area contributed by atoms with E-state index in [1.807, 2.05) is 0 Å². The summed E-state index contributed by atoms with van der Waals surface area (Å²) in [5, 5.41) is 2.64. The van der Waals surface area contributed by atoms with E-state index in [0.717, 1.165) is 0 Å². The predicted octanol–water partition coefficient (Wildman–Crippen LogP) is 0.736. The van der Waals surface area contributed by atoms with Crippen molar-refractivity contribution in [1.82, 2.24) is 5.32 Å². The first kappa shape index (κ1) is 21.9. The minimum absolute atomic E-state index is 0.0245. The number of pyridine rings is 1. The molecular formula is C21H23N2O6+. The highest BCUT2D eigenvalue weighted by Gasteiger charge is 2.20. The molecule has 8 nitrogen and oxygen atoms in total. The SMILES string of the molecule is CCOCC(=O)C(=O)C[n+]1cccc(C(=O)NCCOC(=O)c2ccccc2)c1. The Bertz CT molecular complexity index is 866. The fourth-order valence-corrected chi connectivity index (χ4v) is 2.35. The highest BCUT2D eigenvalue weighted by molar-refractivity contribution is 6.37. The van der Waals surface area contributed by atoms with Crippen molar-refractivity contribution in [3.8, 4) is 0 Å². The lowest BCUT2D eigenvalue weighted by Crippen LogP contribution is -2.42. The lowest BCUT2D eigenvalue weighted by molar-refractivity contribution is -0.683. The van der Waals surface area contributed by atoms with Crippen molar-refractivity contribution in [3.05, 3.63) is 66.0 Å². The van der Waals surface area contributed by atoms with E-state index in [9.17, 15) is 19.2 Å². The van der Waals surface area contributed by atoms with E-state index in [1.165, 1.54) is 10.8 Å². The van der Waals surface area contributed by atoms with Gasteiger partial charge in [0.05, 0.1) is 12.1 Å². The quantitative estimate of drug-likeness (QED) is 0.259. The second kappa shape index (κ2) is 11.5. The molecule has 0 unspecified atom stereocenters. The molecule has 8 heteroatoms. The Hall–Kier alpha value is -3.39. The third-order valence-corrected chi connectivity index (χ3v) is 3.83. The average molecular weight is 399 g/mol. The summed E-state index contributed by atoms with van der Waals surface area (Å²) in [6.45, 7) is 1.81. The number of rotatable bonds is 11. The number of nitrogens with one attached hydrogen (secondary N) is 1. The monoisotopic (exact) mass is 399 g/mol. The third-order valence-electron chi connectivity index (χ3n) is 3.83. The van der Waals surface area contributed by atoms with Crippen molar-refractivity contribution >= 4 is 23.4 Å². The first-order valence-corrected chi connectivity index (χ1v) is 9.14. The second-order valence-electron chi connectivity index (χ2n) is 6.01. The van der Waals surface area contributed by atoms with E-state index in [1.54, 1.807) is 55.6 Å². The standard InChI is InChI=1S/C21H22N2O6/c1-2-28-15-19(25)18(24)14-23-11-6-9-17(13-23)20(26)22-10-12-29-21(27)16-7-4-3-5-8-16/h3-9,11,13H,2,10,12,14-15H2,1H3/p+1. The van der Waals surface area contributed by atoms with E-state index < -0.39 is 17.5 Å². The number of aromatic nitrogens is 1. The van der Waals surface area contributed by atoms with Crippen LogP contribution in [0.4, 0.5) is 0 Å². The minimum Gasteiger partial charge on any atom is -0.460 e. The second-order valence-corrected chi connectivity index (χ2v) is 6.01. The highest BCUT2D eigenvalue weighted by atomic mass is 16.5. The van der Waals surface area contributed by atoms with Crippen LogP contribution in [-0.4, -0.2) is 49.8 Å². The molecule has 0 saturated heterocycles. The van der Waals surface area contributed by atoms with Gasteiger partial charge in [-0.15, -0.1) is 0 Å². The van der Waals surface area contributed by atoms with Gasteiger partial charge in [-0.05, 0) is 25.1 Å². The van der Waals surface area contributed by atoms with Crippen molar-refractivity contribution < 1.29 is 33.2 Å². The summed E-state index contributed by atoms with van der Waals surface area (Å²) in [5.41, 5.74) is 0.749. The van der Waals surface area contributed by atoms with Crippen LogP contribution in [0.3, 0.4) is 0 Å². The number of nitrogens with zero attached hydrogens (tertiary/aromatic N) is 1. The summed E-state index contributed by atoms with van der Waals surface area (Å²) in [6.07, 6.45) is 3.06. The summed E-state index contributed by atoms with van der Waals surface area (Å²) in [4.78, 5) is 47.6. The molecule has 1 heterocycles. The number of benzene rings is 1. The van der Waals surface area contributed by atoms with E-state index in [4.69, 9.17) is 9.47 Å². The van der Waals surface area contributed by atoms with Crippen LogP contribution in [0.2, 0.25) is 0 Å². The van der Waals surface area contributed by atoms with Gasteiger partial charge >= 0.3 is 5.97 Å². The normalized spacial score (nSPS) is 10.2. The van der Waals surface area contributed by atoms with E-state index in [-0.39, 0.29) is 32.2 Å². The Morgan fingerprint density at radius 3 is 2.41 bits per heavy atom. The number of carbonyl (C=O) groups is 4. The molecule has 0 saturated carbocycles. The van der Waals surface area contributed by atoms with Crippen LogP contribution in [0.15, 0.2) is 54.9 Å². The first-order chi connectivity index (χ1) is 14.0. The maximum absolute atomic E-state index is 12.2. The van der Waals surface area contributed by atoms with Crippen molar-refractivity contribution in [2.45, 2.75) is 13.5 Å². The number of carbonyl (C=O) groups excluding carboxylic acids is 4. The Labute approximate surface area is 168 Å². The minimum atomic E-state index is -0.616. The fraction of sp³-hybridized carbons (Fsp3) is 0.286. The number of esters is 1. The zero-order chi connectivity index (χ0) is 21.1. The smallest absolute Gasteiger partial charge is 0.338 e. The lowest BCUT2D eigenvalue weighted by Gasteiger charge is -2.06. The molecule has 2 rings (SSSR count). The van der Waals surface area contributed by atoms with Gasteiger partial charge in [0, 0.05) is 12.7 Å². The largest absolute Gasteiger partial charge is 0.460 e. The Kier molecular flexibility index (Phi) is 8.65. The molecule has 0 spiro atoms. The van der Waals surface area contributed by atoms with Gasteiger partial charge in [-0.2, -0.15) is 4.57 Å². The van der Waals surface area contributed by atoms with Gasteiger partial charge in [-0.25, -0.2) is 4.79 Å². The van der Waals surface area contributed by atoms with Gasteiger partial charge in [-0.3, -0.25) is 14.4 Å². The fourth-order valence-electron chi connectivity index (χ4n) is 2.35. The molecule has 1 aromatic heterocycles. The summed E-state index contributed by atoms with van der Waals surface area (Å²) in [5.74, 6) is -2.07. The van der Waals surface area contributed by atoms with Crippen LogP contribution in [0, 0.1) is 0 Å². The van der Waals surface area contributed by atoms with Crippen LogP contribution in [0.1, 0.15) is 27.6 Å². The maximum atomic E-state index is 12.2. The average Bonchev–Trinajstić information content (AvgIpc) is 2.75. The summed E-state index contributed by atoms with van der Waals surface area (Å²) >= 11 is 0. The van der Waals surface area contributed by atoms with Gasteiger partial charge in [-0.1, -0.05) is 18.2 Å². The molecular weight excluding hydrogens is 376 g/mol. The molecule has 29 heavy (non-hydrogen) atoms. The summed E-state index contributed by atoms with van der Waals surface area (Å²) < 4.78 is 11.5. The summed E-state index contributed by atoms with van der Waals surface area (Å²) in [6, 6.07) is 11.7. The van der Waals surface area contributed by atoms with Crippen molar-refractivity contribution in [3.63, 3.8) is 0 Å². The first-order valence-electron chi connectivity index (χ1n) is 9.14. The van der Waals surface area contributed by atoms with Crippen LogP contribution < -0.4 is 9.88 Å². The van der Waals surface area contributed by atoms with E-state index >= 15 is 0 Å². The molecule has 1 aromatic carbocycles. The number of hydrogen-bond acceptors (Lipinski definition) is 6. The lowest BCUT2D eigenvalue weighted by atomic mass is 10.2. The molecule has 1 N–H and O–H groups in total. The molecule has 152 valence electrons. The number of hydrogen-bond donors (Lipinski definition) is 1. The van der Waals surface area contributed by atoms with Crippen LogP contribution in [0.25, 0.3) is 0 Å². The molecule has 0 aliphatic rings. The van der Waals surface area contributed by atoms with Gasteiger partial charge in [0.25, 0.3) is 11.7 Å². The number of ether oxygens (including phenoxy) is 2. The van der Waals surface area contributed by atoms with Gasteiger partial charge in [0.2, 0.25) is 12.3 Å². The number of ketones is 2. The zero-order valence-electron chi connectivity index (χ0n) is 16.1. The van der Waals surface area contributed by atoms with Gasteiger partial charge in [0.15, 0.2) is 12.4 Å². The molecule has 0 atom stereocenters. The van der Waals surface area contributed by atoms with Crippen LogP contribution in [-0.2, 0) is 25.6 Å². The van der Waals surface area contributed by atoms with Gasteiger partial charge < -0.3 is 14.8 Å². The molecule has 0 aliphatic heterocycles. The Morgan fingerprint density at radius 2 is 1.69 bits per heavy atom. The Morgan fingerprint density at radius 1 is 0.966 bits per heavy atom. The van der Waals surface area contributed by atoms with Crippen molar-refractivity contribution in [2.75, 3.05) is 26.4 Å². The molecule has 2 aromatic rings. The number of Topliss-reactive ketones (excluding diaryl/α,β-unsaturated/α-hetero) is 2. The predicted molar refractivity (Wildman–Crippen MR) is 102 cm³/mol. The van der Waals surface area contributed by atoms with Crippen LogP contribution in [0.5, 0.6) is 0 Å². The molecule has 0 radical (unpaired) electrons. The molecule has 0 fully saturated rings. The van der Waals surface area contributed by atoms with E-state index in [2.05, 4.69) is 5.32 Å². The van der Waals surface area contributed by atoms with E-state index in [0.29, 0.717) is 17.7 Å². The molecule has 0 aliphatic carbocycles. The van der Waals surface area contributed by atoms with Gasteiger partial charge in [0.1, 0.15) is 18.8 Å². The Balaban J connectivity index is 1.80. The zero-order valence-corrected chi connectivity index (χ0v) is 16.1. The molecule has 0 bridgehead atoms. The van der Waals surface area contributed by atoms with Crippen molar-refractivity contribution in [2.24, 2.45) is 0 Å². The third kappa shape index (κ3) is 7.27. The van der Waals surface area contributed by atoms with Crippen LogP contribution >= 0.6 is 0 Å². The molecule has 1 amide bonds. The highest BCUT2D eigenvalue weighted by Crippen LogP contribution is 2.00. The number of amides is 1. The summed E-state index contributed by atoms with van der Waals surface area (Å²) in [7, 11) is 0. The topological polar surface area (TPSA) is 103 Å². The van der Waals surface area contributed by atoms with Crippen molar-refractivity contribution in [1.29, 1.82) is 0 Å². The maximum Gasteiger partial charge on any atom is 0.338 e.